The molecular weight excluding hydrogens is 224 g/mol. The van der Waals surface area contributed by atoms with E-state index in [4.69, 9.17) is 5.11 Å². The van der Waals surface area contributed by atoms with Crippen LogP contribution in [0.5, 0.6) is 0 Å². The highest BCUT2D eigenvalue weighted by Gasteiger charge is 2.26. The first-order valence-electron chi connectivity index (χ1n) is 5.30. The van der Waals surface area contributed by atoms with E-state index >= 15 is 0 Å². The largest absolute Gasteiger partial charge is 0.480 e. The Labute approximate surface area is 99.1 Å². The molecule has 17 heavy (non-hydrogen) atoms. The van der Waals surface area contributed by atoms with Crippen molar-refractivity contribution in [1.29, 1.82) is 0 Å². The van der Waals surface area contributed by atoms with Crippen molar-refractivity contribution >= 4 is 11.9 Å². The predicted octanol–water partition coefficient (Wildman–Crippen LogP) is 0.161. The molecule has 1 N–H and O–H groups in total. The highest BCUT2D eigenvalue weighted by molar-refractivity contribution is 5.84. The number of carboxylic acid groups (broad SMARTS) is 1. The number of aromatic nitrogens is 3. The molecule has 7 heteroatoms. The second-order valence-electron chi connectivity index (χ2n) is 4.01. The molecule has 1 aromatic rings. The molecule has 0 aromatic carbocycles. The SMILES string of the molecule is CC(C)N(CC(=O)O)C(=O)C(C)n1cncn1. The first-order valence-corrected chi connectivity index (χ1v) is 5.30. The second-order valence-corrected chi connectivity index (χ2v) is 4.01. The van der Waals surface area contributed by atoms with Gasteiger partial charge in [0.05, 0.1) is 0 Å². The first-order chi connectivity index (χ1) is 7.93. The Morgan fingerprint density at radius 1 is 1.41 bits per heavy atom. The molecule has 1 heterocycles. The fraction of sp³-hybridized carbons (Fsp3) is 0.600. The Morgan fingerprint density at radius 2 is 2.06 bits per heavy atom. The normalized spacial score (nSPS) is 12.5. The number of rotatable bonds is 5. The molecule has 0 aliphatic carbocycles. The van der Waals surface area contributed by atoms with Gasteiger partial charge in [-0.05, 0) is 20.8 Å². The summed E-state index contributed by atoms with van der Waals surface area (Å²) >= 11 is 0. The van der Waals surface area contributed by atoms with Crippen LogP contribution in [0.3, 0.4) is 0 Å². The van der Waals surface area contributed by atoms with Crippen LogP contribution >= 0.6 is 0 Å². The van der Waals surface area contributed by atoms with E-state index in [1.165, 1.54) is 22.2 Å². The number of carbonyl (C=O) groups is 2. The number of carboxylic acids is 1. The lowest BCUT2D eigenvalue weighted by Gasteiger charge is -2.27. The van der Waals surface area contributed by atoms with E-state index in [0.29, 0.717) is 0 Å². The lowest BCUT2D eigenvalue weighted by molar-refractivity contribution is -0.147. The first kappa shape index (κ1) is 13.1. The van der Waals surface area contributed by atoms with E-state index in [1.54, 1.807) is 20.8 Å². The molecule has 0 fully saturated rings. The fourth-order valence-electron chi connectivity index (χ4n) is 1.43. The van der Waals surface area contributed by atoms with Crippen LogP contribution in [0.2, 0.25) is 0 Å². The van der Waals surface area contributed by atoms with E-state index < -0.39 is 12.0 Å². The van der Waals surface area contributed by atoms with Crippen LogP contribution in [0.25, 0.3) is 0 Å². The van der Waals surface area contributed by atoms with E-state index in [9.17, 15) is 9.59 Å². The van der Waals surface area contributed by atoms with Gasteiger partial charge in [-0.15, -0.1) is 0 Å². The van der Waals surface area contributed by atoms with Gasteiger partial charge >= 0.3 is 5.97 Å². The van der Waals surface area contributed by atoms with Crippen LogP contribution in [-0.2, 0) is 9.59 Å². The molecule has 0 saturated heterocycles. The second kappa shape index (κ2) is 5.42. The van der Waals surface area contributed by atoms with Crippen molar-refractivity contribution in [2.45, 2.75) is 32.9 Å². The Morgan fingerprint density at radius 3 is 2.47 bits per heavy atom. The van der Waals surface area contributed by atoms with Gasteiger partial charge in [0.1, 0.15) is 25.2 Å². The Balaban J connectivity index is 2.81. The molecular formula is C10H16N4O3. The van der Waals surface area contributed by atoms with Gasteiger partial charge in [0.2, 0.25) is 5.91 Å². The Kier molecular flexibility index (Phi) is 4.19. The number of hydrogen-bond acceptors (Lipinski definition) is 4. The van der Waals surface area contributed by atoms with Crippen molar-refractivity contribution in [3.63, 3.8) is 0 Å². The van der Waals surface area contributed by atoms with Crippen LogP contribution in [-0.4, -0.2) is 49.2 Å². The maximum Gasteiger partial charge on any atom is 0.323 e. The maximum atomic E-state index is 12.1. The summed E-state index contributed by atoms with van der Waals surface area (Å²) in [5.74, 6) is -1.31. The lowest BCUT2D eigenvalue weighted by Crippen LogP contribution is -2.44. The third kappa shape index (κ3) is 3.27. The third-order valence-corrected chi connectivity index (χ3v) is 2.40. The quantitative estimate of drug-likeness (QED) is 0.792. The van der Waals surface area contributed by atoms with Crippen LogP contribution in [0, 0.1) is 0 Å². The minimum absolute atomic E-state index is 0.176. The van der Waals surface area contributed by atoms with Crippen molar-refractivity contribution in [2.24, 2.45) is 0 Å². The molecule has 1 aromatic heterocycles. The monoisotopic (exact) mass is 240 g/mol. The van der Waals surface area contributed by atoms with Gasteiger partial charge in [0.25, 0.3) is 0 Å². The van der Waals surface area contributed by atoms with Crippen LogP contribution in [0.15, 0.2) is 12.7 Å². The number of carbonyl (C=O) groups excluding carboxylic acids is 1. The van der Waals surface area contributed by atoms with E-state index in [1.807, 2.05) is 0 Å². The van der Waals surface area contributed by atoms with E-state index in [-0.39, 0.29) is 18.5 Å². The minimum atomic E-state index is -1.03. The Hall–Kier alpha value is -1.92. The fourth-order valence-corrected chi connectivity index (χ4v) is 1.43. The zero-order valence-electron chi connectivity index (χ0n) is 10.1. The number of aliphatic carboxylic acids is 1. The predicted molar refractivity (Wildman–Crippen MR) is 59.2 cm³/mol. The lowest BCUT2D eigenvalue weighted by atomic mass is 10.2. The molecule has 1 amide bonds. The molecule has 0 bridgehead atoms. The highest BCUT2D eigenvalue weighted by atomic mass is 16.4. The summed E-state index contributed by atoms with van der Waals surface area (Å²) in [7, 11) is 0. The number of nitrogens with zero attached hydrogens (tertiary/aromatic N) is 4. The van der Waals surface area contributed by atoms with Gasteiger partial charge in [-0.1, -0.05) is 0 Å². The van der Waals surface area contributed by atoms with Gasteiger partial charge in [-0.3, -0.25) is 9.59 Å². The molecule has 0 spiro atoms. The van der Waals surface area contributed by atoms with Gasteiger partial charge in [-0.2, -0.15) is 5.10 Å². The van der Waals surface area contributed by atoms with Crippen LogP contribution in [0.1, 0.15) is 26.8 Å². The van der Waals surface area contributed by atoms with Gasteiger partial charge in [-0.25, -0.2) is 9.67 Å². The van der Waals surface area contributed by atoms with Crippen molar-refractivity contribution < 1.29 is 14.7 Å². The third-order valence-electron chi connectivity index (χ3n) is 2.40. The van der Waals surface area contributed by atoms with Crippen LogP contribution < -0.4 is 0 Å². The Bertz CT molecular complexity index is 388. The number of amides is 1. The standard InChI is InChI=1S/C10H16N4O3/c1-7(2)13(4-9(15)16)10(17)8(3)14-6-11-5-12-14/h5-8H,4H2,1-3H3,(H,15,16). The molecule has 0 aliphatic rings. The van der Waals surface area contributed by atoms with E-state index in [0.717, 1.165) is 0 Å². The molecule has 1 atom stereocenters. The van der Waals surface area contributed by atoms with Gasteiger partial charge in [0.15, 0.2) is 0 Å². The maximum absolute atomic E-state index is 12.1. The molecule has 0 aliphatic heterocycles. The van der Waals surface area contributed by atoms with Crippen molar-refractivity contribution in [2.75, 3.05) is 6.54 Å². The summed E-state index contributed by atoms with van der Waals surface area (Å²) in [6.45, 7) is 4.90. The van der Waals surface area contributed by atoms with Crippen molar-refractivity contribution in [3.8, 4) is 0 Å². The van der Waals surface area contributed by atoms with Crippen LogP contribution in [0.4, 0.5) is 0 Å². The summed E-state index contributed by atoms with van der Waals surface area (Å²) in [5.41, 5.74) is 0. The highest BCUT2D eigenvalue weighted by Crippen LogP contribution is 2.10. The summed E-state index contributed by atoms with van der Waals surface area (Å²) in [6.07, 6.45) is 2.77. The smallest absolute Gasteiger partial charge is 0.323 e. The molecule has 0 saturated carbocycles. The van der Waals surface area contributed by atoms with Crippen molar-refractivity contribution in [3.05, 3.63) is 12.7 Å². The molecule has 0 radical (unpaired) electrons. The topological polar surface area (TPSA) is 88.3 Å². The summed E-state index contributed by atoms with van der Waals surface area (Å²) in [4.78, 5) is 27.8. The average Bonchev–Trinajstić information content (AvgIpc) is 2.76. The molecule has 7 nitrogen and oxygen atoms in total. The molecule has 1 rings (SSSR count). The number of hydrogen-bond donors (Lipinski definition) is 1. The molecule has 94 valence electrons. The zero-order valence-corrected chi connectivity index (χ0v) is 10.1. The summed E-state index contributed by atoms with van der Waals surface area (Å²) < 4.78 is 1.40. The van der Waals surface area contributed by atoms with Crippen molar-refractivity contribution in [1.82, 2.24) is 19.7 Å². The molecule has 1 unspecified atom stereocenters. The zero-order chi connectivity index (χ0) is 13.0. The minimum Gasteiger partial charge on any atom is -0.480 e. The average molecular weight is 240 g/mol. The van der Waals surface area contributed by atoms with E-state index in [2.05, 4.69) is 10.1 Å². The summed E-state index contributed by atoms with van der Waals surface area (Å²) in [6, 6.07) is -0.733. The van der Waals surface area contributed by atoms with Gasteiger partial charge in [0, 0.05) is 6.04 Å². The summed E-state index contributed by atoms with van der Waals surface area (Å²) in [5, 5.41) is 12.6. The van der Waals surface area contributed by atoms with Gasteiger partial charge < -0.3 is 10.0 Å².